The van der Waals surface area contributed by atoms with Crippen LogP contribution in [0, 0.1) is 0 Å². The standard InChI is InChI=1S/C10H15N3/c1-12-9(10(11)4-5-10)8-2-6-13-7-3-8/h2-3,6-7,9,12H,4-5,11H2,1H3. The van der Waals surface area contributed by atoms with E-state index in [1.165, 1.54) is 5.56 Å². The van der Waals surface area contributed by atoms with Gasteiger partial charge in [-0.1, -0.05) is 0 Å². The van der Waals surface area contributed by atoms with E-state index in [1.54, 1.807) is 0 Å². The maximum Gasteiger partial charge on any atom is 0.0501 e. The highest BCUT2D eigenvalue weighted by Crippen LogP contribution is 2.42. The van der Waals surface area contributed by atoms with Gasteiger partial charge in [0.15, 0.2) is 0 Å². The molecule has 3 nitrogen and oxygen atoms in total. The molecule has 1 saturated carbocycles. The molecule has 3 N–H and O–H groups in total. The number of pyridine rings is 1. The lowest BCUT2D eigenvalue weighted by molar-refractivity contribution is 0.461. The van der Waals surface area contributed by atoms with Gasteiger partial charge >= 0.3 is 0 Å². The number of aromatic nitrogens is 1. The average molecular weight is 177 g/mol. The zero-order valence-electron chi connectivity index (χ0n) is 7.83. The zero-order valence-corrected chi connectivity index (χ0v) is 7.83. The molecule has 13 heavy (non-hydrogen) atoms. The van der Waals surface area contributed by atoms with E-state index in [0.29, 0.717) is 0 Å². The van der Waals surface area contributed by atoms with E-state index in [2.05, 4.69) is 10.3 Å². The average Bonchev–Trinajstić information content (AvgIpc) is 2.87. The fourth-order valence-corrected chi connectivity index (χ4v) is 1.77. The second kappa shape index (κ2) is 3.09. The molecule has 0 saturated heterocycles. The Morgan fingerprint density at radius 2 is 2.08 bits per heavy atom. The summed E-state index contributed by atoms with van der Waals surface area (Å²) in [6.45, 7) is 0. The quantitative estimate of drug-likeness (QED) is 0.719. The third kappa shape index (κ3) is 1.57. The van der Waals surface area contributed by atoms with Crippen molar-refractivity contribution in [1.29, 1.82) is 0 Å². The van der Waals surface area contributed by atoms with Crippen LogP contribution >= 0.6 is 0 Å². The Kier molecular flexibility index (Phi) is 2.06. The van der Waals surface area contributed by atoms with Crippen molar-refractivity contribution in [3.8, 4) is 0 Å². The van der Waals surface area contributed by atoms with E-state index in [-0.39, 0.29) is 11.6 Å². The number of nitrogens with one attached hydrogen (secondary N) is 1. The van der Waals surface area contributed by atoms with Crippen molar-refractivity contribution in [1.82, 2.24) is 10.3 Å². The number of nitrogens with two attached hydrogens (primary N) is 1. The second-order valence-electron chi connectivity index (χ2n) is 3.74. The molecule has 0 bridgehead atoms. The number of rotatable bonds is 3. The van der Waals surface area contributed by atoms with Crippen LogP contribution in [0.4, 0.5) is 0 Å². The van der Waals surface area contributed by atoms with Gasteiger partial charge in [-0.2, -0.15) is 0 Å². The fourth-order valence-electron chi connectivity index (χ4n) is 1.77. The van der Waals surface area contributed by atoms with Gasteiger partial charge in [-0.15, -0.1) is 0 Å². The fraction of sp³-hybridized carbons (Fsp3) is 0.500. The third-order valence-electron chi connectivity index (χ3n) is 2.73. The van der Waals surface area contributed by atoms with Gasteiger partial charge in [0.25, 0.3) is 0 Å². The third-order valence-corrected chi connectivity index (χ3v) is 2.73. The molecule has 1 atom stereocenters. The zero-order chi connectivity index (χ0) is 9.31. The van der Waals surface area contributed by atoms with Crippen LogP contribution in [0.15, 0.2) is 24.5 Å². The van der Waals surface area contributed by atoms with E-state index in [1.807, 2.05) is 31.6 Å². The Balaban J connectivity index is 2.23. The highest BCUT2D eigenvalue weighted by molar-refractivity contribution is 5.24. The Labute approximate surface area is 78.4 Å². The van der Waals surface area contributed by atoms with Crippen LogP contribution in [0.1, 0.15) is 24.4 Å². The predicted octanol–water partition coefficient (Wildman–Crippen LogP) is 0.833. The summed E-state index contributed by atoms with van der Waals surface area (Å²) in [4.78, 5) is 4.00. The smallest absolute Gasteiger partial charge is 0.0501 e. The van der Waals surface area contributed by atoms with Crippen molar-refractivity contribution in [2.45, 2.75) is 24.4 Å². The van der Waals surface area contributed by atoms with Crippen molar-refractivity contribution in [2.24, 2.45) is 5.73 Å². The minimum Gasteiger partial charge on any atom is -0.323 e. The first-order valence-corrected chi connectivity index (χ1v) is 4.62. The van der Waals surface area contributed by atoms with Gasteiger partial charge in [0, 0.05) is 17.9 Å². The molecule has 1 aliphatic rings. The predicted molar refractivity (Wildman–Crippen MR) is 52.2 cm³/mol. The molecule has 1 fully saturated rings. The summed E-state index contributed by atoms with van der Waals surface area (Å²) >= 11 is 0. The number of nitrogens with zero attached hydrogens (tertiary/aromatic N) is 1. The molecule has 0 aromatic carbocycles. The van der Waals surface area contributed by atoms with Crippen LogP contribution in [0.5, 0.6) is 0 Å². The van der Waals surface area contributed by atoms with Gasteiger partial charge in [0.2, 0.25) is 0 Å². The highest BCUT2D eigenvalue weighted by Gasteiger charge is 2.45. The minimum absolute atomic E-state index is 0.0178. The highest BCUT2D eigenvalue weighted by atomic mass is 15.0. The van der Waals surface area contributed by atoms with Gasteiger partial charge < -0.3 is 11.1 Å². The summed E-state index contributed by atoms with van der Waals surface area (Å²) in [6.07, 6.45) is 5.85. The lowest BCUT2D eigenvalue weighted by Gasteiger charge is -2.23. The molecule has 3 heteroatoms. The number of likely N-dealkylation sites (N-methyl/N-ethyl adjacent to an activating group) is 1. The van der Waals surface area contributed by atoms with E-state index < -0.39 is 0 Å². The molecule has 0 aliphatic heterocycles. The van der Waals surface area contributed by atoms with Crippen molar-refractivity contribution in [2.75, 3.05) is 7.05 Å². The van der Waals surface area contributed by atoms with Crippen LogP contribution < -0.4 is 11.1 Å². The molecule has 1 aromatic rings. The molecule has 1 aliphatic carbocycles. The normalized spacial score (nSPS) is 21.1. The Hall–Kier alpha value is -0.930. The van der Waals surface area contributed by atoms with E-state index >= 15 is 0 Å². The number of hydrogen-bond acceptors (Lipinski definition) is 3. The molecule has 0 amide bonds. The Morgan fingerprint density at radius 3 is 2.54 bits per heavy atom. The van der Waals surface area contributed by atoms with Crippen LogP contribution in [0.3, 0.4) is 0 Å². The summed E-state index contributed by atoms with van der Waals surface area (Å²) in [7, 11) is 1.96. The minimum atomic E-state index is -0.0178. The first-order valence-electron chi connectivity index (χ1n) is 4.62. The molecule has 1 unspecified atom stereocenters. The first-order chi connectivity index (χ1) is 6.26. The molecular formula is C10H15N3. The summed E-state index contributed by atoms with van der Waals surface area (Å²) in [5, 5.41) is 3.27. The molecular weight excluding hydrogens is 162 g/mol. The Bertz CT molecular complexity index is 279. The monoisotopic (exact) mass is 177 g/mol. The molecule has 2 rings (SSSR count). The summed E-state index contributed by atoms with van der Waals surface area (Å²) < 4.78 is 0. The Morgan fingerprint density at radius 1 is 1.46 bits per heavy atom. The van der Waals surface area contributed by atoms with E-state index in [0.717, 1.165) is 12.8 Å². The lowest BCUT2D eigenvalue weighted by Crippen LogP contribution is -2.38. The van der Waals surface area contributed by atoms with Crippen LogP contribution in [0.2, 0.25) is 0 Å². The maximum absolute atomic E-state index is 6.15. The SMILES string of the molecule is CNC(c1ccncc1)C1(N)CC1. The van der Waals surface area contributed by atoms with Crippen LogP contribution in [-0.2, 0) is 0 Å². The summed E-state index contributed by atoms with van der Waals surface area (Å²) in [5.41, 5.74) is 7.37. The van der Waals surface area contributed by atoms with Crippen molar-refractivity contribution in [3.63, 3.8) is 0 Å². The molecule has 0 spiro atoms. The lowest BCUT2D eigenvalue weighted by atomic mass is 9.99. The van der Waals surface area contributed by atoms with Gasteiger partial charge in [0.05, 0.1) is 6.04 Å². The maximum atomic E-state index is 6.15. The molecule has 1 aromatic heterocycles. The molecule has 1 heterocycles. The topological polar surface area (TPSA) is 50.9 Å². The van der Waals surface area contributed by atoms with Crippen LogP contribution in [0.25, 0.3) is 0 Å². The first kappa shape index (κ1) is 8.66. The van der Waals surface area contributed by atoms with Gasteiger partial charge in [-0.05, 0) is 37.6 Å². The second-order valence-corrected chi connectivity index (χ2v) is 3.74. The molecule has 70 valence electrons. The molecule has 0 radical (unpaired) electrons. The van der Waals surface area contributed by atoms with Gasteiger partial charge in [0.1, 0.15) is 0 Å². The number of hydrogen-bond donors (Lipinski definition) is 2. The van der Waals surface area contributed by atoms with Crippen molar-refractivity contribution >= 4 is 0 Å². The van der Waals surface area contributed by atoms with Gasteiger partial charge in [-0.3, -0.25) is 4.98 Å². The summed E-state index contributed by atoms with van der Waals surface area (Å²) in [5.74, 6) is 0. The van der Waals surface area contributed by atoms with E-state index in [9.17, 15) is 0 Å². The van der Waals surface area contributed by atoms with E-state index in [4.69, 9.17) is 5.73 Å². The summed E-state index contributed by atoms with van der Waals surface area (Å²) in [6, 6.07) is 4.32. The van der Waals surface area contributed by atoms with Crippen molar-refractivity contribution in [3.05, 3.63) is 30.1 Å². The van der Waals surface area contributed by atoms with Crippen molar-refractivity contribution < 1.29 is 0 Å². The largest absolute Gasteiger partial charge is 0.323 e. The van der Waals surface area contributed by atoms with Crippen LogP contribution in [-0.4, -0.2) is 17.6 Å². The van der Waals surface area contributed by atoms with Gasteiger partial charge in [-0.25, -0.2) is 0 Å².